The molecular weight excluding hydrogens is 312 g/mol. The molecule has 1 fully saturated rings. The van der Waals surface area contributed by atoms with E-state index in [-0.39, 0.29) is 17.2 Å². The Kier molecular flexibility index (Phi) is 6.45. The molecule has 1 aliphatic heterocycles. The molecule has 1 N–H and O–H groups in total. The van der Waals surface area contributed by atoms with E-state index in [1.807, 2.05) is 36.3 Å². The Balaban J connectivity index is 2.04. The van der Waals surface area contributed by atoms with E-state index in [2.05, 4.69) is 5.32 Å². The van der Waals surface area contributed by atoms with Gasteiger partial charge in [-0.15, -0.1) is 0 Å². The summed E-state index contributed by atoms with van der Waals surface area (Å²) in [7, 11) is 3.28. The van der Waals surface area contributed by atoms with Gasteiger partial charge in [-0.05, 0) is 26.0 Å². The molecule has 0 saturated carbocycles. The van der Waals surface area contributed by atoms with E-state index in [0.717, 1.165) is 43.1 Å². The predicted molar refractivity (Wildman–Crippen MR) is 95.7 cm³/mol. The molecule has 0 bridgehead atoms. The summed E-state index contributed by atoms with van der Waals surface area (Å²) in [6.07, 6.45) is 4.05. The fourth-order valence-corrected chi connectivity index (χ4v) is 3.13. The van der Waals surface area contributed by atoms with Crippen molar-refractivity contribution >= 4 is 23.4 Å². The van der Waals surface area contributed by atoms with Crippen LogP contribution in [0.15, 0.2) is 18.2 Å². The van der Waals surface area contributed by atoms with Crippen molar-refractivity contribution in [3.63, 3.8) is 0 Å². The maximum Gasteiger partial charge on any atom is 0.235 e. The van der Waals surface area contributed by atoms with Crippen molar-refractivity contribution in [1.29, 1.82) is 0 Å². The third kappa shape index (κ3) is 4.70. The number of thioether (sulfide) groups is 1. The molecule has 0 aromatic heterocycles. The Bertz CT molecular complexity index is 516. The van der Waals surface area contributed by atoms with Crippen LogP contribution in [0.2, 0.25) is 0 Å². The van der Waals surface area contributed by atoms with Crippen LogP contribution < -0.4 is 14.8 Å². The number of piperidine rings is 1. The first-order valence-corrected chi connectivity index (χ1v) is 9.17. The molecule has 0 aliphatic carbocycles. The molecule has 2 unspecified atom stereocenters. The standard InChI is InChI=1S/C17H26N2O3S/c1-12(23-4)17(20)19-7-5-6-13(11-19)18-14-8-15(21-2)10-16(9-14)22-3/h8-10,12-13,18H,5-7,11H2,1-4H3. The van der Waals surface area contributed by atoms with Gasteiger partial charge in [0.1, 0.15) is 11.5 Å². The summed E-state index contributed by atoms with van der Waals surface area (Å²) in [5.74, 6) is 1.74. The summed E-state index contributed by atoms with van der Waals surface area (Å²) in [6.45, 7) is 3.56. The van der Waals surface area contributed by atoms with Gasteiger partial charge in [0.15, 0.2) is 0 Å². The Morgan fingerprint density at radius 3 is 2.52 bits per heavy atom. The Hall–Kier alpha value is -1.56. The summed E-state index contributed by atoms with van der Waals surface area (Å²) in [4.78, 5) is 14.3. The van der Waals surface area contributed by atoms with Crippen LogP contribution in [0.1, 0.15) is 19.8 Å². The molecule has 0 radical (unpaired) electrons. The molecule has 1 aromatic carbocycles. The Morgan fingerprint density at radius 1 is 1.30 bits per heavy atom. The van der Waals surface area contributed by atoms with Crippen LogP contribution >= 0.6 is 11.8 Å². The van der Waals surface area contributed by atoms with Gasteiger partial charge in [0.2, 0.25) is 5.91 Å². The first-order valence-electron chi connectivity index (χ1n) is 7.88. The van der Waals surface area contributed by atoms with Crippen molar-refractivity contribution in [3.8, 4) is 11.5 Å². The van der Waals surface area contributed by atoms with E-state index in [9.17, 15) is 4.79 Å². The number of hydrogen-bond acceptors (Lipinski definition) is 5. The van der Waals surface area contributed by atoms with Crippen LogP contribution in [0, 0.1) is 0 Å². The maximum absolute atomic E-state index is 12.4. The highest BCUT2D eigenvalue weighted by atomic mass is 32.2. The molecule has 5 nitrogen and oxygen atoms in total. The van der Waals surface area contributed by atoms with E-state index < -0.39 is 0 Å². The summed E-state index contributed by atoms with van der Waals surface area (Å²) < 4.78 is 10.6. The number of methoxy groups -OCH3 is 2. The van der Waals surface area contributed by atoms with Crippen LogP contribution in [-0.4, -0.2) is 55.7 Å². The number of benzene rings is 1. The number of carbonyl (C=O) groups excluding carboxylic acids is 1. The molecule has 1 amide bonds. The fraction of sp³-hybridized carbons (Fsp3) is 0.588. The minimum atomic E-state index is 0.0191. The third-order valence-electron chi connectivity index (χ3n) is 4.16. The highest BCUT2D eigenvalue weighted by molar-refractivity contribution is 7.99. The lowest BCUT2D eigenvalue weighted by atomic mass is 10.0. The van der Waals surface area contributed by atoms with Gasteiger partial charge in [0.25, 0.3) is 0 Å². The molecule has 1 aliphatic rings. The van der Waals surface area contributed by atoms with Crippen LogP contribution in [-0.2, 0) is 4.79 Å². The van der Waals surface area contributed by atoms with E-state index >= 15 is 0 Å². The molecule has 6 heteroatoms. The van der Waals surface area contributed by atoms with Crippen LogP contribution in [0.25, 0.3) is 0 Å². The number of likely N-dealkylation sites (tertiary alicyclic amines) is 1. The van der Waals surface area contributed by atoms with Crippen molar-refractivity contribution in [2.75, 3.05) is 38.9 Å². The van der Waals surface area contributed by atoms with Crippen LogP contribution in [0.4, 0.5) is 5.69 Å². The summed E-state index contributed by atoms with van der Waals surface area (Å²) >= 11 is 1.60. The highest BCUT2D eigenvalue weighted by Gasteiger charge is 2.26. The van der Waals surface area contributed by atoms with Crippen molar-refractivity contribution in [2.24, 2.45) is 0 Å². The molecular formula is C17H26N2O3S. The molecule has 23 heavy (non-hydrogen) atoms. The predicted octanol–water partition coefficient (Wildman–Crippen LogP) is 2.86. The number of amides is 1. The van der Waals surface area contributed by atoms with Crippen molar-refractivity contribution in [1.82, 2.24) is 4.90 Å². The zero-order valence-electron chi connectivity index (χ0n) is 14.3. The van der Waals surface area contributed by atoms with Gasteiger partial charge < -0.3 is 19.7 Å². The largest absolute Gasteiger partial charge is 0.497 e. The number of nitrogens with one attached hydrogen (secondary N) is 1. The number of anilines is 1. The Labute approximate surface area is 142 Å². The summed E-state index contributed by atoms with van der Waals surface area (Å²) in [6, 6.07) is 6.00. The number of nitrogens with zero attached hydrogens (tertiary/aromatic N) is 1. The van der Waals surface area contributed by atoms with Crippen molar-refractivity contribution in [3.05, 3.63) is 18.2 Å². The summed E-state index contributed by atoms with van der Waals surface area (Å²) in [5, 5.41) is 3.53. The normalized spacial score (nSPS) is 19.1. The second-order valence-corrected chi connectivity index (χ2v) is 6.93. The Morgan fingerprint density at radius 2 is 1.96 bits per heavy atom. The second kappa shape index (κ2) is 8.34. The monoisotopic (exact) mass is 338 g/mol. The number of hydrogen-bond donors (Lipinski definition) is 1. The molecule has 2 rings (SSSR count). The number of rotatable bonds is 6. The molecule has 128 valence electrons. The summed E-state index contributed by atoms with van der Waals surface area (Å²) in [5.41, 5.74) is 0.957. The lowest BCUT2D eigenvalue weighted by Crippen LogP contribution is -2.47. The van der Waals surface area contributed by atoms with E-state index in [4.69, 9.17) is 9.47 Å². The highest BCUT2D eigenvalue weighted by Crippen LogP contribution is 2.27. The van der Waals surface area contributed by atoms with Gasteiger partial charge in [-0.2, -0.15) is 11.8 Å². The van der Waals surface area contributed by atoms with Gasteiger partial charge in [0, 0.05) is 43.0 Å². The minimum absolute atomic E-state index is 0.0191. The quantitative estimate of drug-likeness (QED) is 0.864. The van der Waals surface area contributed by atoms with Gasteiger partial charge >= 0.3 is 0 Å². The molecule has 0 spiro atoms. The average molecular weight is 338 g/mol. The molecule has 1 aromatic rings. The second-order valence-electron chi connectivity index (χ2n) is 5.75. The first kappa shape index (κ1) is 17.8. The van der Waals surface area contributed by atoms with Crippen molar-refractivity contribution in [2.45, 2.75) is 31.1 Å². The first-order chi connectivity index (χ1) is 11.1. The maximum atomic E-state index is 12.4. The lowest BCUT2D eigenvalue weighted by Gasteiger charge is -2.35. The van der Waals surface area contributed by atoms with E-state index in [0.29, 0.717) is 0 Å². The average Bonchev–Trinajstić information content (AvgIpc) is 2.60. The smallest absolute Gasteiger partial charge is 0.235 e. The van der Waals surface area contributed by atoms with Crippen molar-refractivity contribution < 1.29 is 14.3 Å². The van der Waals surface area contributed by atoms with Gasteiger partial charge in [0.05, 0.1) is 19.5 Å². The fourth-order valence-electron chi connectivity index (χ4n) is 2.78. The molecule has 1 saturated heterocycles. The lowest BCUT2D eigenvalue weighted by molar-refractivity contribution is -0.131. The van der Waals surface area contributed by atoms with Gasteiger partial charge in [-0.1, -0.05) is 0 Å². The third-order valence-corrected chi connectivity index (χ3v) is 5.07. The number of ether oxygens (including phenoxy) is 2. The topological polar surface area (TPSA) is 50.8 Å². The van der Waals surface area contributed by atoms with Crippen LogP contribution in [0.5, 0.6) is 11.5 Å². The minimum Gasteiger partial charge on any atom is -0.497 e. The van der Waals surface area contributed by atoms with E-state index in [1.54, 1.807) is 26.0 Å². The van der Waals surface area contributed by atoms with Gasteiger partial charge in [-0.25, -0.2) is 0 Å². The molecule has 1 heterocycles. The SMILES string of the molecule is COc1cc(NC2CCCN(C(=O)C(C)SC)C2)cc(OC)c1. The van der Waals surface area contributed by atoms with Crippen LogP contribution in [0.3, 0.4) is 0 Å². The number of carbonyl (C=O) groups is 1. The zero-order valence-corrected chi connectivity index (χ0v) is 15.1. The van der Waals surface area contributed by atoms with Gasteiger partial charge in [-0.3, -0.25) is 4.79 Å². The molecule has 2 atom stereocenters. The van der Waals surface area contributed by atoms with E-state index in [1.165, 1.54) is 0 Å². The zero-order chi connectivity index (χ0) is 16.8.